The molecule has 3 N–H and O–H groups in total. The highest BCUT2D eigenvalue weighted by atomic mass is 32.2. The highest BCUT2D eigenvalue weighted by Gasteiger charge is 2.09. The fourth-order valence-electron chi connectivity index (χ4n) is 1.69. The summed E-state index contributed by atoms with van der Waals surface area (Å²) in [5, 5.41) is 2.77. The lowest BCUT2D eigenvalue weighted by Crippen LogP contribution is -2.26. The van der Waals surface area contributed by atoms with Crippen LogP contribution in [0.15, 0.2) is 53.4 Å². The molecule has 0 atom stereocenters. The number of carbonyl (C=O) groups is 1. The van der Waals surface area contributed by atoms with Crippen molar-refractivity contribution in [2.24, 2.45) is 0 Å². The van der Waals surface area contributed by atoms with Gasteiger partial charge in [0.15, 0.2) is 0 Å². The fraction of sp³-hybridized carbons (Fsp3) is 0.133. The van der Waals surface area contributed by atoms with Crippen LogP contribution in [0.2, 0.25) is 0 Å². The van der Waals surface area contributed by atoms with Crippen LogP contribution in [0.5, 0.6) is 0 Å². The molecule has 5 heteroatoms. The van der Waals surface area contributed by atoms with Crippen LogP contribution in [-0.4, -0.2) is 18.2 Å². The van der Waals surface area contributed by atoms with Crippen molar-refractivity contribution in [3.8, 4) is 0 Å². The first kappa shape index (κ1) is 14.4. The molecule has 104 valence electrons. The molecule has 0 unspecified atom stereocenters. The van der Waals surface area contributed by atoms with Gasteiger partial charge in [-0.3, -0.25) is 4.79 Å². The Hall–Kier alpha value is -2.01. The number of benzene rings is 2. The summed E-state index contributed by atoms with van der Waals surface area (Å²) in [6.45, 7) is 0.523. The van der Waals surface area contributed by atoms with Gasteiger partial charge >= 0.3 is 0 Å². The number of hydrogen-bond donors (Lipinski definition) is 2. The van der Waals surface area contributed by atoms with Crippen LogP contribution in [0.3, 0.4) is 0 Å². The van der Waals surface area contributed by atoms with Gasteiger partial charge in [0, 0.05) is 22.9 Å². The second-order valence-corrected chi connectivity index (χ2v) is 5.32. The molecule has 0 spiro atoms. The van der Waals surface area contributed by atoms with Crippen LogP contribution in [-0.2, 0) is 0 Å². The summed E-state index contributed by atoms with van der Waals surface area (Å²) in [6.07, 6.45) is 0. The molecule has 0 radical (unpaired) electrons. The van der Waals surface area contributed by atoms with Crippen molar-refractivity contribution in [2.75, 3.05) is 18.0 Å². The quantitative estimate of drug-likeness (QED) is 0.506. The highest BCUT2D eigenvalue weighted by molar-refractivity contribution is 7.99. The van der Waals surface area contributed by atoms with E-state index in [1.165, 1.54) is 12.1 Å². The Balaban J connectivity index is 1.80. The predicted octanol–water partition coefficient (Wildman–Crippen LogP) is 2.93. The Labute approximate surface area is 121 Å². The molecule has 2 rings (SSSR count). The molecule has 0 aromatic heterocycles. The van der Waals surface area contributed by atoms with Gasteiger partial charge in [0.05, 0.1) is 5.56 Å². The van der Waals surface area contributed by atoms with Crippen LogP contribution in [0.25, 0.3) is 0 Å². The van der Waals surface area contributed by atoms with Gasteiger partial charge in [-0.1, -0.05) is 18.2 Å². The second kappa shape index (κ2) is 6.96. The molecule has 0 bridgehead atoms. The van der Waals surface area contributed by atoms with Crippen molar-refractivity contribution in [3.63, 3.8) is 0 Å². The zero-order valence-electron chi connectivity index (χ0n) is 10.8. The fourth-order valence-corrected chi connectivity index (χ4v) is 2.48. The molecule has 0 aliphatic rings. The van der Waals surface area contributed by atoms with E-state index in [2.05, 4.69) is 5.32 Å². The van der Waals surface area contributed by atoms with Gasteiger partial charge in [-0.05, 0) is 30.3 Å². The maximum absolute atomic E-state index is 12.9. The van der Waals surface area contributed by atoms with Crippen molar-refractivity contribution in [3.05, 3.63) is 59.9 Å². The van der Waals surface area contributed by atoms with Gasteiger partial charge in [0.25, 0.3) is 5.91 Å². The lowest BCUT2D eigenvalue weighted by Gasteiger charge is -2.07. The van der Waals surface area contributed by atoms with Crippen LogP contribution in [0.1, 0.15) is 10.4 Å². The van der Waals surface area contributed by atoms with E-state index < -0.39 is 5.82 Å². The van der Waals surface area contributed by atoms with E-state index in [-0.39, 0.29) is 11.6 Å². The van der Waals surface area contributed by atoms with Crippen molar-refractivity contribution < 1.29 is 9.18 Å². The molecule has 20 heavy (non-hydrogen) atoms. The van der Waals surface area contributed by atoms with E-state index in [9.17, 15) is 9.18 Å². The number of hydrogen-bond acceptors (Lipinski definition) is 3. The molecule has 3 nitrogen and oxygen atoms in total. The molecule has 0 aliphatic heterocycles. The minimum atomic E-state index is -0.446. The van der Waals surface area contributed by atoms with E-state index in [0.717, 1.165) is 16.7 Å². The van der Waals surface area contributed by atoms with Gasteiger partial charge in [-0.25, -0.2) is 4.39 Å². The van der Waals surface area contributed by atoms with E-state index in [4.69, 9.17) is 5.73 Å². The molecule has 0 fully saturated rings. The number of thioether (sulfide) groups is 1. The van der Waals surface area contributed by atoms with Gasteiger partial charge in [-0.15, -0.1) is 11.8 Å². The number of anilines is 1. The summed E-state index contributed by atoms with van der Waals surface area (Å²) in [4.78, 5) is 13.0. The molecule has 1 amide bonds. The number of nitrogens with two attached hydrogens (primary N) is 1. The maximum Gasteiger partial charge on any atom is 0.253 e. The SMILES string of the molecule is Nc1cc(F)ccc1C(=O)NCCSc1ccccc1. The first-order valence-electron chi connectivity index (χ1n) is 6.18. The third-order valence-electron chi connectivity index (χ3n) is 2.66. The Bertz CT molecular complexity index is 590. The Morgan fingerprint density at radius 2 is 1.95 bits per heavy atom. The van der Waals surface area contributed by atoms with E-state index >= 15 is 0 Å². The molecule has 0 saturated carbocycles. The zero-order chi connectivity index (χ0) is 14.4. The van der Waals surface area contributed by atoms with Crippen molar-refractivity contribution in [1.82, 2.24) is 5.32 Å². The average molecular weight is 290 g/mol. The summed E-state index contributed by atoms with van der Waals surface area (Å²) in [7, 11) is 0. The standard InChI is InChI=1S/C15H15FN2OS/c16-11-6-7-13(14(17)10-11)15(19)18-8-9-20-12-4-2-1-3-5-12/h1-7,10H,8-9,17H2,(H,18,19). The Morgan fingerprint density at radius 1 is 1.20 bits per heavy atom. The van der Waals surface area contributed by atoms with E-state index in [0.29, 0.717) is 12.1 Å². The average Bonchev–Trinajstić information content (AvgIpc) is 2.44. The third-order valence-corrected chi connectivity index (χ3v) is 3.67. The van der Waals surface area contributed by atoms with Crippen LogP contribution in [0, 0.1) is 5.82 Å². The largest absolute Gasteiger partial charge is 0.398 e. The molecular weight excluding hydrogens is 275 g/mol. The smallest absolute Gasteiger partial charge is 0.253 e. The lowest BCUT2D eigenvalue weighted by molar-refractivity contribution is 0.0957. The number of rotatable bonds is 5. The highest BCUT2D eigenvalue weighted by Crippen LogP contribution is 2.16. The molecule has 0 aliphatic carbocycles. The van der Waals surface area contributed by atoms with Gasteiger partial charge in [0.1, 0.15) is 5.82 Å². The first-order chi connectivity index (χ1) is 9.66. The number of amides is 1. The summed E-state index contributed by atoms with van der Waals surface area (Å²) < 4.78 is 12.9. The molecular formula is C15H15FN2OS. The van der Waals surface area contributed by atoms with Crippen LogP contribution < -0.4 is 11.1 Å². The van der Waals surface area contributed by atoms with Crippen LogP contribution >= 0.6 is 11.8 Å². The summed E-state index contributed by atoms with van der Waals surface area (Å²) in [6, 6.07) is 13.7. The first-order valence-corrected chi connectivity index (χ1v) is 7.16. The van der Waals surface area contributed by atoms with Gasteiger partial charge in [0.2, 0.25) is 0 Å². The summed E-state index contributed by atoms with van der Waals surface area (Å²) >= 11 is 1.66. The molecule has 2 aromatic carbocycles. The van der Waals surface area contributed by atoms with Crippen molar-refractivity contribution in [2.45, 2.75) is 4.90 Å². The maximum atomic E-state index is 12.9. The minimum Gasteiger partial charge on any atom is -0.398 e. The number of nitrogens with one attached hydrogen (secondary N) is 1. The zero-order valence-corrected chi connectivity index (χ0v) is 11.6. The molecule has 0 heterocycles. The number of halogens is 1. The second-order valence-electron chi connectivity index (χ2n) is 4.15. The number of carbonyl (C=O) groups excluding carboxylic acids is 1. The molecule has 0 saturated heterocycles. The Kier molecular flexibility index (Phi) is 5.01. The van der Waals surface area contributed by atoms with E-state index in [1.54, 1.807) is 11.8 Å². The Morgan fingerprint density at radius 3 is 2.65 bits per heavy atom. The topological polar surface area (TPSA) is 55.1 Å². The number of nitrogen functional groups attached to an aromatic ring is 1. The van der Waals surface area contributed by atoms with Gasteiger partial charge < -0.3 is 11.1 Å². The summed E-state index contributed by atoms with van der Waals surface area (Å²) in [5.41, 5.74) is 6.06. The van der Waals surface area contributed by atoms with Gasteiger partial charge in [-0.2, -0.15) is 0 Å². The monoisotopic (exact) mass is 290 g/mol. The summed E-state index contributed by atoms with van der Waals surface area (Å²) in [5.74, 6) is 0.0338. The van der Waals surface area contributed by atoms with Crippen LogP contribution in [0.4, 0.5) is 10.1 Å². The predicted molar refractivity (Wildman–Crippen MR) is 80.3 cm³/mol. The van der Waals surface area contributed by atoms with Crippen molar-refractivity contribution in [1.29, 1.82) is 0 Å². The third kappa shape index (κ3) is 3.99. The van der Waals surface area contributed by atoms with Crippen molar-refractivity contribution >= 4 is 23.4 Å². The normalized spacial score (nSPS) is 10.2. The van der Waals surface area contributed by atoms with E-state index in [1.807, 2.05) is 30.3 Å². The molecule has 2 aromatic rings. The lowest BCUT2D eigenvalue weighted by atomic mass is 10.1. The minimum absolute atomic E-state index is 0.151.